The molecule has 47 heavy (non-hydrogen) atoms. The number of fused-ring (bicyclic) bond motifs is 8. The molecule has 2 atom stereocenters. The highest BCUT2D eigenvalue weighted by Gasteiger charge is 2.35. The summed E-state index contributed by atoms with van der Waals surface area (Å²) in [6.45, 7) is 0. The summed E-state index contributed by atoms with van der Waals surface area (Å²) >= 11 is 1.83. The quantitative estimate of drug-likeness (QED) is 0.196. The van der Waals surface area contributed by atoms with E-state index in [9.17, 15) is 0 Å². The first-order chi connectivity index (χ1) is 23.3. The van der Waals surface area contributed by atoms with Gasteiger partial charge in [0.05, 0.1) is 45.9 Å². The molecule has 0 saturated carbocycles. The monoisotopic (exact) mass is 621 g/mol. The molecule has 6 heteroatoms. The molecule has 2 unspecified atom stereocenters. The van der Waals surface area contributed by atoms with E-state index in [0.717, 1.165) is 56.0 Å². The van der Waals surface area contributed by atoms with Crippen LogP contribution in [0.25, 0.3) is 59.2 Å². The van der Waals surface area contributed by atoms with Crippen molar-refractivity contribution in [3.63, 3.8) is 0 Å². The molecular formula is C41H27N5S. The van der Waals surface area contributed by atoms with Crippen LogP contribution in [0.15, 0.2) is 157 Å². The molecule has 0 radical (unpaired) electrons. The first-order valence-corrected chi connectivity index (χ1v) is 16.7. The van der Waals surface area contributed by atoms with E-state index in [-0.39, 0.29) is 12.2 Å². The Hall–Kier alpha value is -5.85. The third-order valence-corrected chi connectivity index (χ3v) is 10.5. The van der Waals surface area contributed by atoms with Crippen LogP contribution in [-0.2, 0) is 0 Å². The van der Waals surface area contributed by atoms with Crippen LogP contribution in [0.5, 0.6) is 0 Å². The fourth-order valence-corrected chi connectivity index (χ4v) is 8.35. The number of thiophene rings is 1. The predicted molar refractivity (Wildman–Crippen MR) is 196 cm³/mol. The highest BCUT2D eigenvalue weighted by molar-refractivity contribution is 7.26. The van der Waals surface area contributed by atoms with Crippen LogP contribution in [-0.4, -0.2) is 26.3 Å². The smallest absolute Gasteiger partial charge is 0.148 e. The third-order valence-electron chi connectivity index (χ3n) is 9.35. The van der Waals surface area contributed by atoms with Gasteiger partial charge in [0.15, 0.2) is 0 Å². The number of pyridine rings is 2. The van der Waals surface area contributed by atoms with Crippen molar-refractivity contribution >= 4 is 64.8 Å². The average molecular weight is 622 g/mol. The van der Waals surface area contributed by atoms with Gasteiger partial charge in [-0.1, -0.05) is 97.1 Å². The van der Waals surface area contributed by atoms with Crippen LogP contribution in [0.4, 0.5) is 5.69 Å². The van der Waals surface area contributed by atoms with Gasteiger partial charge in [-0.05, 0) is 54.1 Å². The predicted octanol–water partition coefficient (Wildman–Crippen LogP) is 10.1. The van der Waals surface area contributed by atoms with E-state index >= 15 is 0 Å². The van der Waals surface area contributed by atoms with Crippen LogP contribution in [0.3, 0.4) is 0 Å². The summed E-state index contributed by atoms with van der Waals surface area (Å²) in [5.74, 6) is 0.862. The first kappa shape index (κ1) is 26.4. The van der Waals surface area contributed by atoms with Crippen molar-refractivity contribution < 1.29 is 0 Å². The lowest BCUT2D eigenvalue weighted by molar-refractivity contribution is 0.694. The van der Waals surface area contributed by atoms with Crippen molar-refractivity contribution in [1.29, 1.82) is 0 Å². The number of aliphatic imine (C=N–C) groups is 1. The van der Waals surface area contributed by atoms with Gasteiger partial charge in [0.1, 0.15) is 12.0 Å². The van der Waals surface area contributed by atoms with Crippen LogP contribution in [0.2, 0.25) is 0 Å². The summed E-state index contributed by atoms with van der Waals surface area (Å²) < 4.78 is 4.84. The van der Waals surface area contributed by atoms with E-state index in [1.807, 2.05) is 23.6 Å². The van der Waals surface area contributed by atoms with Gasteiger partial charge >= 0.3 is 0 Å². The highest BCUT2D eigenvalue weighted by Crippen LogP contribution is 2.43. The minimum absolute atomic E-state index is 0.0588. The second kappa shape index (κ2) is 10.3. The summed E-state index contributed by atoms with van der Waals surface area (Å²) in [6, 6.07) is 42.8. The zero-order valence-corrected chi connectivity index (χ0v) is 26.0. The van der Waals surface area contributed by atoms with Gasteiger partial charge in [-0.15, -0.1) is 11.3 Å². The molecule has 5 nitrogen and oxygen atoms in total. The topological polar surface area (TPSA) is 46.3 Å². The van der Waals surface area contributed by atoms with Gasteiger partial charge in [-0.3, -0.25) is 9.56 Å². The minimum atomic E-state index is -0.123. The molecule has 0 bridgehead atoms. The lowest BCUT2D eigenvalue weighted by Crippen LogP contribution is -2.35. The molecule has 0 spiro atoms. The second-order valence-electron chi connectivity index (χ2n) is 12.0. The summed E-state index contributed by atoms with van der Waals surface area (Å²) in [6.07, 6.45) is 10.4. The molecule has 0 fully saturated rings. The zero-order valence-electron chi connectivity index (χ0n) is 25.2. The molecule has 1 aliphatic carbocycles. The first-order valence-electron chi connectivity index (χ1n) is 15.8. The minimum Gasteiger partial charge on any atom is -0.332 e. The summed E-state index contributed by atoms with van der Waals surface area (Å²) in [5.41, 5.74) is 8.48. The van der Waals surface area contributed by atoms with Gasteiger partial charge in [-0.25, -0.2) is 9.97 Å². The maximum absolute atomic E-state index is 5.28. The van der Waals surface area contributed by atoms with Crippen LogP contribution < -0.4 is 4.90 Å². The molecule has 4 aromatic heterocycles. The lowest BCUT2D eigenvalue weighted by atomic mass is 10.0. The van der Waals surface area contributed by atoms with Crippen molar-refractivity contribution in [2.75, 3.05) is 4.90 Å². The van der Waals surface area contributed by atoms with Crippen LogP contribution in [0.1, 0.15) is 11.7 Å². The fraction of sp³-hybridized carbons (Fsp3) is 0.0488. The Bertz CT molecular complexity index is 2580. The fourth-order valence-electron chi connectivity index (χ4n) is 7.24. The van der Waals surface area contributed by atoms with E-state index in [4.69, 9.17) is 15.0 Å². The second-order valence-corrected chi connectivity index (χ2v) is 13.1. The summed E-state index contributed by atoms with van der Waals surface area (Å²) in [5, 5.41) is 3.63. The number of rotatable bonds is 4. The molecular weight excluding hydrogens is 595 g/mol. The number of nitrogens with zero attached hydrogens (tertiary/aromatic N) is 5. The van der Waals surface area contributed by atoms with Crippen molar-refractivity contribution in [3.05, 3.63) is 157 Å². The third kappa shape index (κ3) is 4.05. The maximum atomic E-state index is 5.28. The Morgan fingerprint density at radius 2 is 1.51 bits per heavy atom. The van der Waals surface area contributed by atoms with Gasteiger partial charge in [0, 0.05) is 31.1 Å². The van der Waals surface area contributed by atoms with Crippen LogP contribution >= 0.6 is 11.3 Å². The molecule has 0 amide bonds. The van der Waals surface area contributed by atoms with Gasteiger partial charge in [0.25, 0.3) is 0 Å². The van der Waals surface area contributed by atoms with Crippen molar-refractivity contribution in [2.45, 2.75) is 12.2 Å². The number of anilines is 1. The molecule has 0 N–H and O–H groups in total. The molecule has 1 aliphatic heterocycles. The SMILES string of the molecule is C1=CC2=NC(c3ccccc3)N(c3ccc(-n4c5ccc(-c6ccccc6)nc5c5ccc6sc7ccccc7c6c54)nc3)C2C=C1. The largest absolute Gasteiger partial charge is 0.332 e. The Balaban J connectivity index is 1.18. The van der Waals surface area contributed by atoms with Crippen molar-refractivity contribution in [3.8, 4) is 17.1 Å². The highest BCUT2D eigenvalue weighted by atomic mass is 32.1. The standard InChI is InChI=1S/C41H27N5S/c1-3-11-26(12-4-1)31-21-22-34-39(43-31)30-20-23-36-38(29-15-7-10-18-35(29)47-36)40(30)46(34)37-24-19-28(25-42-37)45-33-17-9-8-16-32(33)44-41(45)27-13-5-2-6-14-27/h1-25,33,41H. The Kier molecular flexibility index (Phi) is 5.80. The molecule has 0 saturated heterocycles. The normalized spacial score (nSPS) is 17.3. The number of benzene rings is 4. The van der Waals surface area contributed by atoms with Gasteiger partial charge in [0.2, 0.25) is 0 Å². The number of allylic oxidation sites excluding steroid dienone is 2. The number of hydrogen-bond acceptors (Lipinski definition) is 5. The molecule has 4 aromatic carbocycles. The maximum Gasteiger partial charge on any atom is 0.148 e. The van der Waals surface area contributed by atoms with E-state index in [2.05, 4.69) is 149 Å². The molecule has 10 rings (SSSR count). The van der Waals surface area contributed by atoms with Crippen molar-refractivity contribution in [2.24, 2.45) is 4.99 Å². The van der Waals surface area contributed by atoms with Crippen molar-refractivity contribution in [1.82, 2.24) is 14.5 Å². The summed E-state index contributed by atoms with van der Waals surface area (Å²) in [7, 11) is 0. The average Bonchev–Trinajstić information content (AvgIpc) is 3.82. The molecule has 5 heterocycles. The zero-order chi connectivity index (χ0) is 30.9. The summed E-state index contributed by atoms with van der Waals surface area (Å²) in [4.78, 5) is 18.0. The Morgan fingerprint density at radius 3 is 2.36 bits per heavy atom. The van der Waals surface area contributed by atoms with E-state index < -0.39 is 0 Å². The molecule has 2 aliphatic rings. The number of aromatic nitrogens is 3. The molecule has 222 valence electrons. The lowest BCUT2D eigenvalue weighted by Gasteiger charge is -2.31. The van der Waals surface area contributed by atoms with Gasteiger partial charge in [-0.2, -0.15) is 0 Å². The molecule has 8 aromatic rings. The number of hydrogen-bond donors (Lipinski definition) is 0. The van der Waals surface area contributed by atoms with Gasteiger partial charge < -0.3 is 4.90 Å². The van der Waals surface area contributed by atoms with E-state index in [1.54, 1.807) is 0 Å². The Morgan fingerprint density at radius 1 is 0.681 bits per heavy atom. The van der Waals surface area contributed by atoms with Crippen LogP contribution in [0, 0.1) is 0 Å². The Labute approximate surface area is 275 Å². The van der Waals surface area contributed by atoms with E-state index in [0.29, 0.717) is 0 Å². The van der Waals surface area contributed by atoms with E-state index in [1.165, 1.54) is 20.2 Å².